The van der Waals surface area contributed by atoms with Crippen LogP contribution in [0.1, 0.15) is 21.7 Å². The Bertz CT molecular complexity index is 820. The Hall–Kier alpha value is -1.58. The van der Waals surface area contributed by atoms with E-state index in [1.165, 1.54) is 0 Å². The van der Waals surface area contributed by atoms with Crippen LogP contribution < -0.4 is 0 Å². The molecule has 0 unspecified atom stereocenters. The summed E-state index contributed by atoms with van der Waals surface area (Å²) in [6, 6.07) is 12.7. The number of benzene rings is 2. The van der Waals surface area contributed by atoms with E-state index in [1.54, 1.807) is 24.3 Å². The van der Waals surface area contributed by atoms with E-state index in [9.17, 15) is 4.79 Å². The fourth-order valence-corrected chi connectivity index (χ4v) is 2.48. The monoisotopic (exact) mass is 348 g/mol. The Balaban J connectivity index is 2.05. The number of carbonyl (C=O) groups is 1. The first kappa shape index (κ1) is 13.4. The van der Waals surface area contributed by atoms with Crippen LogP contribution in [0.25, 0.3) is 11.0 Å². The van der Waals surface area contributed by atoms with Gasteiger partial charge in [-0.15, -0.1) is 0 Å². The minimum absolute atomic E-state index is 0.173. The van der Waals surface area contributed by atoms with Gasteiger partial charge in [0.1, 0.15) is 5.58 Å². The Morgan fingerprint density at radius 3 is 2.70 bits per heavy atom. The van der Waals surface area contributed by atoms with Crippen molar-refractivity contribution in [2.45, 2.75) is 6.92 Å². The molecule has 0 amide bonds. The number of halogens is 2. The number of carbonyl (C=O) groups excluding carboxylic acids is 1. The maximum atomic E-state index is 12.4. The van der Waals surface area contributed by atoms with Crippen molar-refractivity contribution in [3.05, 3.63) is 68.8 Å². The normalized spacial score (nSPS) is 10.9. The number of ketones is 1. The first-order valence-corrected chi connectivity index (χ1v) is 7.21. The molecule has 0 N–H and O–H groups in total. The van der Waals surface area contributed by atoms with Crippen molar-refractivity contribution in [2.24, 2.45) is 0 Å². The summed E-state index contributed by atoms with van der Waals surface area (Å²) in [6.45, 7) is 2.00. The number of fused-ring (bicyclic) bond motifs is 1. The minimum atomic E-state index is -0.173. The molecule has 1 aromatic heterocycles. The molecule has 0 spiro atoms. The lowest BCUT2D eigenvalue weighted by atomic mass is 10.1. The molecule has 2 nitrogen and oxygen atoms in total. The van der Waals surface area contributed by atoms with Crippen LogP contribution in [0.5, 0.6) is 0 Å². The third-order valence-electron chi connectivity index (χ3n) is 3.08. The highest BCUT2D eigenvalue weighted by molar-refractivity contribution is 9.10. The third kappa shape index (κ3) is 2.39. The molecule has 0 saturated carbocycles. The quantitative estimate of drug-likeness (QED) is 0.581. The average molecular weight is 350 g/mol. The smallest absolute Gasteiger partial charge is 0.228 e. The summed E-state index contributed by atoms with van der Waals surface area (Å²) >= 11 is 9.32. The molecule has 0 aliphatic rings. The van der Waals surface area contributed by atoms with Crippen LogP contribution in [-0.4, -0.2) is 5.78 Å². The molecular formula is C16H10BrClO2. The maximum absolute atomic E-state index is 12.4. The molecule has 0 aliphatic carbocycles. The van der Waals surface area contributed by atoms with Gasteiger partial charge in [0.25, 0.3) is 0 Å². The molecule has 1 heterocycles. The van der Waals surface area contributed by atoms with E-state index in [2.05, 4.69) is 15.9 Å². The van der Waals surface area contributed by atoms with Crippen LogP contribution in [-0.2, 0) is 0 Å². The van der Waals surface area contributed by atoms with Crippen LogP contribution in [0.4, 0.5) is 0 Å². The fourth-order valence-electron chi connectivity index (χ4n) is 2.05. The van der Waals surface area contributed by atoms with Gasteiger partial charge >= 0.3 is 0 Å². The van der Waals surface area contributed by atoms with Crippen LogP contribution >= 0.6 is 27.5 Å². The van der Waals surface area contributed by atoms with Crippen molar-refractivity contribution in [1.82, 2.24) is 0 Å². The van der Waals surface area contributed by atoms with Crippen molar-refractivity contribution >= 4 is 44.3 Å². The highest BCUT2D eigenvalue weighted by Crippen LogP contribution is 2.26. The number of rotatable bonds is 2. The first-order chi connectivity index (χ1) is 9.54. The highest BCUT2D eigenvalue weighted by atomic mass is 79.9. The number of aryl methyl sites for hydroxylation is 1. The topological polar surface area (TPSA) is 30.2 Å². The molecule has 3 aromatic rings. The lowest BCUT2D eigenvalue weighted by Gasteiger charge is -2.00. The van der Waals surface area contributed by atoms with E-state index >= 15 is 0 Å². The summed E-state index contributed by atoms with van der Waals surface area (Å²) in [5.41, 5.74) is 2.35. The molecular weight excluding hydrogens is 340 g/mol. The zero-order valence-corrected chi connectivity index (χ0v) is 13.0. The van der Waals surface area contributed by atoms with Crippen molar-refractivity contribution in [3.8, 4) is 0 Å². The van der Waals surface area contributed by atoms with Gasteiger partial charge < -0.3 is 4.42 Å². The summed E-state index contributed by atoms with van der Waals surface area (Å²) in [5.74, 6) is 0.150. The number of hydrogen-bond donors (Lipinski definition) is 0. The summed E-state index contributed by atoms with van der Waals surface area (Å²) < 4.78 is 6.37. The van der Waals surface area contributed by atoms with Crippen LogP contribution in [0.2, 0.25) is 5.02 Å². The Morgan fingerprint density at radius 2 is 1.95 bits per heavy atom. The lowest BCUT2D eigenvalue weighted by molar-refractivity contribution is 0.101. The highest BCUT2D eigenvalue weighted by Gasteiger charge is 2.15. The van der Waals surface area contributed by atoms with Gasteiger partial charge in [-0.1, -0.05) is 23.2 Å². The van der Waals surface area contributed by atoms with Gasteiger partial charge in [0.05, 0.1) is 5.02 Å². The van der Waals surface area contributed by atoms with E-state index in [0.717, 1.165) is 15.4 Å². The van der Waals surface area contributed by atoms with Gasteiger partial charge in [-0.2, -0.15) is 0 Å². The SMILES string of the molecule is Cc1ccc2oc(C(=O)c3ccc(Br)c(Cl)c3)cc2c1. The number of furan rings is 1. The Kier molecular flexibility index (Phi) is 3.40. The summed E-state index contributed by atoms with van der Waals surface area (Å²) in [5, 5.41) is 1.43. The summed E-state index contributed by atoms with van der Waals surface area (Å²) in [6.07, 6.45) is 0. The zero-order valence-electron chi connectivity index (χ0n) is 10.6. The van der Waals surface area contributed by atoms with Crippen LogP contribution in [0, 0.1) is 6.92 Å². The molecule has 0 fully saturated rings. The van der Waals surface area contributed by atoms with Crippen LogP contribution in [0.3, 0.4) is 0 Å². The summed E-state index contributed by atoms with van der Waals surface area (Å²) in [7, 11) is 0. The molecule has 4 heteroatoms. The maximum Gasteiger partial charge on any atom is 0.228 e. The summed E-state index contributed by atoms with van der Waals surface area (Å²) in [4.78, 5) is 12.4. The number of hydrogen-bond acceptors (Lipinski definition) is 2. The van der Waals surface area contributed by atoms with E-state index in [-0.39, 0.29) is 5.78 Å². The largest absolute Gasteiger partial charge is 0.453 e. The van der Waals surface area contributed by atoms with Gasteiger partial charge in [-0.3, -0.25) is 4.79 Å². The molecule has 0 aliphatic heterocycles. The molecule has 20 heavy (non-hydrogen) atoms. The van der Waals surface area contributed by atoms with Gasteiger partial charge in [0, 0.05) is 15.4 Å². The minimum Gasteiger partial charge on any atom is -0.453 e. The second-order valence-electron chi connectivity index (χ2n) is 4.61. The van der Waals surface area contributed by atoms with Crippen molar-refractivity contribution in [2.75, 3.05) is 0 Å². The van der Waals surface area contributed by atoms with Crippen molar-refractivity contribution < 1.29 is 9.21 Å². The van der Waals surface area contributed by atoms with E-state index < -0.39 is 0 Å². The molecule has 0 saturated heterocycles. The molecule has 0 atom stereocenters. The van der Waals surface area contributed by atoms with E-state index in [4.69, 9.17) is 16.0 Å². The van der Waals surface area contributed by atoms with Crippen molar-refractivity contribution in [3.63, 3.8) is 0 Å². The van der Waals surface area contributed by atoms with Gasteiger partial charge in [-0.25, -0.2) is 0 Å². The van der Waals surface area contributed by atoms with E-state index in [0.29, 0.717) is 21.9 Å². The molecule has 3 rings (SSSR count). The molecule has 100 valence electrons. The molecule has 0 radical (unpaired) electrons. The average Bonchev–Trinajstić information content (AvgIpc) is 2.84. The lowest BCUT2D eigenvalue weighted by Crippen LogP contribution is -1.99. The first-order valence-electron chi connectivity index (χ1n) is 6.04. The predicted octanol–water partition coefficient (Wildman–Crippen LogP) is 5.39. The standard InChI is InChI=1S/C16H10BrClO2/c1-9-2-5-14-11(6-9)8-15(20-14)16(19)10-3-4-12(17)13(18)7-10/h2-8H,1H3. The second kappa shape index (κ2) is 5.08. The van der Waals surface area contributed by atoms with Crippen LogP contribution in [0.15, 0.2) is 51.4 Å². The Morgan fingerprint density at radius 1 is 1.15 bits per heavy atom. The zero-order chi connectivity index (χ0) is 14.3. The van der Waals surface area contributed by atoms with Gasteiger partial charge in [0.15, 0.2) is 5.76 Å². The Labute approximate surface area is 129 Å². The fraction of sp³-hybridized carbons (Fsp3) is 0.0625. The third-order valence-corrected chi connectivity index (χ3v) is 4.31. The molecule has 0 bridgehead atoms. The molecule has 2 aromatic carbocycles. The van der Waals surface area contributed by atoms with Crippen molar-refractivity contribution in [1.29, 1.82) is 0 Å². The second-order valence-corrected chi connectivity index (χ2v) is 5.87. The van der Waals surface area contributed by atoms with Gasteiger partial charge in [0.2, 0.25) is 5.78 Å². The van der Waals surface area contributed by atoms with Gasteiger partial charge in [-0.05, 0) is 59.3 Å². The predicted molar refractivity (Wildman–Crippen MR) is 83.5 cm³/mol. The van der Waals surface area contributed by atoms with E-state index in [1.807, 2.05) is 25.1 Å².